The highest BCUT2D eigenvalue weighted by molar-refractivity contribution is 7.50. The fraction of sp³-hybridized carbons (Fsp3) is 1.00. The molecule has 0 spiro atoms. The molecule has 0 aromatic heterocycles. The lowest BCUT2D eigenvalue weighted by Crippen LogP contribution is -2.10. The van der Waals surface area contributed by atoms with Crippen LogP contribution in [0.2, 0.25) is 0 Å². The van der Waals surface area contributed by atoms with Crippen LogP contribution in [0.25, 0.3) is 0 Å². The van der Waals surface area contributed by atoms with Crippen LogP contribution in [0.3, 0.4) is 0 Å². The van der Waals surface area contributed by atoms with E-state index in [1.54, 1.807) is 14.1 Å². The Morgan fingerprint density at radius 2 is 1.67 bits per heavy atom. The second-order valence-electron chi connectivity index (χ2n) is 3.94. The first kappa shape index (κ1) is 15.1. The zero-order valence-electron chi connectivity index (χ0n) is 10.1. The van der Waals surface area contributed by atoms with Crippen LogP contribution in [0.1, 0.15) is 45.4 Å². The monoisotopic (exact) mass is 237 g/mol. The third-order valence-electron chi connectivity index (χ3n) is 2.26. The molecule has 0 aliphatic heterocycles. The molecule has 1 unspecified atom stereocenters. The lowest BCUT2D eigenvalue weighted by Gasteiger charge is -2.17. The van der Waals surface area contributed by atoms with Crippen molar-refractivity contribution >= 4 is 7.75 Å². The highest BCUT2D eigenvalue weighted by Crippen LogP contribution is 2.43. The van der Waals surface area contributed by atoms with Crippen molar-refractivity contribution in [3.8, 4) is 0 Å². The van der Waals surface area contributed by atoms with Crippen molar-refractivity contribution in [3.05, 3.63) is 0 Å². The van der Waals surface area contributed by atoms with Gasteiger partial charge in [0.1, 0.15) is 0 Å². The number of hydrogen-bond donors (Lipinski definition) is 1. The van der Waals surface area contributed by atoms with E-state index in [0.717, 1.165) is 12.8 Å². The Morgan fingerprint density at radius 1 is 1.13 bits per heavy atom. The Balaban J connectivity index is 3.35. The maximum Gasteiger partial charge on any atom is 0.405 e. The fourth-order valence-electron chi connectivity index (χ4n) is 1.18. The normalized spacial score (nSPS) is 15.5. The van der Waals surface area contributed by atoms with Gasteiger partial charge in [0.15, 0.2) is 0 Å². The molecule has 0 fully saturated rings. The Labute approximate surface area is 93.2 Å². The van der Waals surface area contributed by atoms with E-state index in [-0.39, 0.29) is 0 Å². The maximum absolute atomic E-state index is 11.3. The van der Waals surface area contributed by atoms with Gasteiger partial charge in [-0.05, 0) is 20.5 Å². The molecule has 5 heteroatoms. The van der Waals surface area contributed by atoms with E-state index in [1.807, 2.05) is 0 Å². The van der Waals surface area contributed by atoms with E-state index in [9.17, 15) is 9.46 Å². The second-order valence-corrected chi connectivity index (χ2v) is 5.98. The summed E-state index contributed by atoms with van der Waals surface area (Å²) in [5, 5.41) is 0. The smallest absolute Gasteiger partial charge is 0.312 e. The van der Waals surface area contributed by atoms with Gasteiger partial charge in [-0.25, -0.2) is 9.24 Å². The summed E-state index contributed by atoms with van der Waals surface area (Å²) in [6, 6.07) is 0. The lowest BCUT2D eigenvalue weighted by atomic mass is 10.1. The van der Waals surface area contributed by atoms with Crippen molar-refractivity contribution in [2.45, 2.75) is 45.4 Å². The zero-order chi connectivity index (χ0) is 11.7. The molecule has 0 aromatic rings. The molecule has 0 rings (SSSR count). The molecular weight excluding hydrogens is 213 g/mol. The van der Waals surface area contributed by atoms with Crippen molar-refractivity contribution in [2.75, 3.05) is 20.7 Å². The van der Waals surface area contributed by atoms with Crippen LogP contribution in [0.4, 0.5) is 0 Å². The van der Waals surface area contributed by atoms with Crippen molar-refractivity contribution in [1.82, 2.24) is 4.67 Å². The van der Waals surface area contributed by atoms with E-state index >= 15 is 0 Å². The molecule has 1 atom stereocenters. The molecule has 0 amide bonds. The predicted molar refractivity (Wildman–Crippen MR) is 62.8 cm³/mol. The number of rotatable bonds is 9. The van der Waals surface area contributed by atoms with Crippen molar-refractivity contribution in [1.29, 1.82) is 0 Å². The zero-order valence-corrected chi connectivity index (χ0v) is 11.0. The quantitative estimate of drug-likeness (QED) is 0.494. The lowest BCUT2D eigenvalue weighted by molar-refractivity contribution is 0.217. The first-order valence-corrected chi connectivity index (χ1v) is 7.19. The Hall–Kier alpha value is 0.110. The van der Waals surface area contributed by atoms with Crippen molar-refractivity contribution in [2.24, 2.45) is 0 Å². The first-order chi connectivity index (χ1) is 7.00. The summed E-state index contributed by atoms with van der Waals surface area (Å²) >= 11 is 0. The first-order valence-electron chi connectivity index (χ1n) is 5.66. The Morgan fingerprint density at radius 3 is 2.20 bits per heavy atom. The molecule has 0 aromatic carbocycles. The maximum atomic E-state index is 11.3. The van der Waals surface area contributed by atoms with E-state index in [4.69, 9.17) is 4.52 Å². The topological polar surface area (TPSA) is 49.8 Å². The van der Waals surface area contributed by atoms with Crippen molar-refractivity contribution < 1.29 is 14.0 Å². The molecule has 1 N–H and O–H groups in total. The minimum atomic E-state index is -3.49. The summed E-state index contributed by atoms with van der Waals surface area (Å²) in [4.78, 5) is 9.29. The number of hydrogen-bond acceptors (Lipinski definition) is 2. The van der Waals surface area contributed by atoms with Gasteiger partial charge >= 0.3 is 7.75 Å². The minimum absolute atomic E-state index is 0.373. The summed E-state index contributed by atoms with van der Waals surface area (Å²) in [6.45, 7) is 2.56. The summed E-state index contributed by atoms with van der Waals surface area (Å²) in [5.74, 6) is 0. The van der Waals surface area contributed by atoms with E-state index < -0.39 is 7.75 Å². The number of unbranched alkanes of at least 4 members (excludes halogenated alkanes) is 5. The van der Waals surface area contributed by atoms with Crippen LogP contribution in [0.5, 0.6) is 0 Å². The number of nitrogens with zero attached hydrogens (tertiary/aromatic N) is 1. The Kier molecular flexibility index (Phi) is 8.34. The van der Waals surface area contributed by atoms with Crippen molar-refractivity contribution in [3.63, 3.8) is 0 Å². The standard InChI is InChI=1S/C10H24NO3P/c1-4-5-6-7-8-9-10-14-15(12,13)11(2)3/h4-10H2,1-3H3,(H,12,13). The van der Waals surface area contributed by atoms with Gasteiger partial charge in [0.25, 0.3) is 0 Å². The van der Waals surface area contributed by atoms with Crippen LogP contribution in [-0.2, 0) is 9.09 Å². The molecule has 0 bridgehead atoms. The summed E-state index contributed by atoms with van der Waals surface area (Å²) in [7, 11) is -0.405. The average Bonchev–Trinajstić information content (AvgIpc) is 2.16. The molecule has 0 heterocycles. The van der Waals surface area contributed by atoms with Gasteiger partial charge in [0.2, 0.25) is 0 Å². The molecule has 0 saturated heterocycles. The molecule has 0 radical (unpaired) electrons. The predicted octanol–water partition coefficient (Wildman–Crippen LogP) is 3.03. The summed E-state index contributed by atoms with van der Waals surface area (Å²) in [6.07, 6.45) is 6.89. The third kappa shape index (κ3) is 7.97. The van der Waals surface area contributed by atoms with Gasteiger partial charge in [0, 0.05) is 0 Å². The van der Waals surface area contributed by atoms with Gasteiger partial charge in [-0.1, -0.05) is 39.0 Å². The average molecular weight is 237 g/mol. The molecule has 0 aliphatic rings. The van der Waals surface area contributed by atoms with Gasteiger partial charge < -0.3 is 4.89 Å². The second kappa shape index (κ2) is 8.28. The minimum Gasteiger partial charge on any atom is -0.312 e. The van der Waals surface area contributed by atoms with Gasteiger partial charge in [-0.3, -0.25) is 4.52 Å². The van der Waals surface area contributed by atoms with Crippen LogP contribution >= 0.6 is 7.75 Å². The SMILES string of the molecule is CCCCCCCCOP(=O)(O)N(C)C. The van der Waals surface area contributed by atoms with E-state index in [1.165, 1.54) is 30.4 Å². The molecule has 92 valence electrons. The highest BCUT2D eigenvalue weighted by Gasteiger charge is 2.21. The van der Waals surface area contributed by atoms with Gasteiger partial charge in [0.05, 0.1) is 6.61 Å². The molecule has 15 heavy (non-hydrogen) atoms. The van der Waals surface area contributed by atoms with Crippen LogP contribution in [-0.4, -0.2) is 30.3 Å². The molecule has 4 nitrogen and oxygen atoms in total. The van der Waals surface area contributed by atoms with Crippen LogP contribution in [0, 0.1) is 0 Å². The molecule has 0 saturated carbocycles. The van der Waals surface area contributed by atoms with Crippen LogP contribution in [0.15, 0.2) is 0 Å². The summed E-state index contributed by atoms with van der Waals surface area (Å²) in [5.41, 5.74) is 0. The summed E-state index contributed by atoms with van der Waals surface area (Å²) < 4.78 is 17.5. The van der Waals surface area contributed by atoms with Crippen LogP contribution < -0.4 is 0 Å². The molecule has 0 aliphatic carbocycles. The van der Waals surface area contributed by atoms with E-state index in [2.05, 4.69) is 6.92 Å². The fourth-order valence-corrected chi connectivity index (χ4v) is 1.78. The van der Waals surface area contributed by atoms with Gasteiger partial charge in [-0.15, -0.1) is 0 Å². The van der Waals surface area contributed by atoms with Gasteiger partial charge in [-0.2, -0.15) is 0 Å². The third-order valence-corrected chi connectivity index (χ3v) is 3.79. The Bertz CT molecular complexity index is 197. The largest absolute Gasteiger partial charge is 0.405 e. The van der Waals surface area contributed by atoms with E-state index in [0.29, 0.717) is 6.61 Å². The highest BCUT2D eigenvalue weighted by atomic mass is 31.2. The molecular formula is C10H24NO3P.